The Morgan fingerprint density at radius 1 is 1.18 bits per heavy atom. The van der Waals surface area contributed by atoms with E-state index in [0.29, 0.717) is 4.90 Å². The van der Waals surface area contributed by atoms with E-state index >= 15 is 0 Å². The molecule has 0 heterocycles. The minimum atomic E-state index is -1.03. The number of hydrogen-bond acceptors (Lipinski definition) is 4. The van der Waals surface area contributed by atoms with Crippen LogP contribution >= 0.6 is 11.8 Å². The molecule has 0 unspecified atom stereocenters. The van der Waals surface area contributed by atoms with Crippen molar-refractivity contribution < 1.29 is 19.5 Å². The number of benzene rings is 1. The second-order valence-corrected chi connectivity index (χ2v) is 4.73. The summed E-state index contributed by atoms with van der Waals surface area (Å²) in [5.41, 5.74) is 0.140. The Kier molecular flexibility index (Phi) is 4.45. The Hall–Kier alpha value is -1.62. The molecule has 0 fully saturated rings. The first-order valence-corrected chi connectivity index (χ1v) is 5.80. The summed E-state index contributed by atoms with van der Waals surface area (Å²) in [5.74, 6) is -1.50. The highest BCUT2D eigenvalue weighted by atomic mass is 32.2. The van der Waals surface area contributed by atoms with Crippen LogP contribution in [-0.4, -0.2) is 27.9 Å². The number of carboxylic acid groups (broad SMARTS) is 1. The molecule has 0 amide bonds. The predicted octanol–water partition coefficient (Wildman–Crippen LogP) is 2.02. The number of ketones is 2. The standard InChI is InChI=1S/C12H12O4S/c1-7(13)11(8(2)14)17-10-5-3-4-9(6-10)12(15)16/h3-6,11H,1-2H3,(H,15,16). The van der Waals surface area contributed by atoms with E-state index < -0.39 is 11.2 Å². The number of hydrogen-bond donors (Lipinski definition) is 1. The van der Waals surface area contributed by atoms with Gasteiger partial charge in [-0.15, -0.1) is 11.8 Å². The molecule has 0 aliphatic carbocycles. The highest BCUT2D eigenvalue weighted by molar-refractivity contribution is 8.01. The Morgan fingerprint density at radius 2 is 1.76 bits per heavy atom. The van der Waals surface area contributed by atoms with Crippen molar-refractivity contribution in [2.45, 2.75) is 24.0 Å². The van der Waals surface area contributed by atoms with Crippen molar-refractivity contribution in [2.75, 3.05) is 0 Å². The van der Waals surface area contributed by atoms with Crippen molar-refractivity contribution in [3.8, 4) is 0 Å². The first-order chi connectivity index (χ1) is 7.91. The van der Waals surface area contributed by atoms with Gasteiger partial charge in [0.1, 0.15) is 5.25 Å². The van der Waals surface area contributed by atoms with Crippen LogP contribution in [0.5, 0.6) is 0 Å². The average Bonchev–Trinajstić information content (AvgIpc) is 2.25. The van der Waals surface area contributed by atoms with Gasteiger partial charge in [-0.3, -0.25) is 9.59 Å². The fraction of sp³-hybridized carbons (Fsp3) is 0.250. The van der Waals surface area contributed by atoms with Gasteiger partial charge in [-0.2, -0.15) is 0 Å². The fourth-order valence-corrected chi connectivity index (χ4v) is 2.25. The van der Waals surface area contributed by atoms with Crippen molar-refractivity contribution >= 4 is 29.3 Å². The maximum absolute atomic E-state index is 11.3. The summed E-state index contributed by atoms with van der Waals surface area (Å²) in [6.07, 6.45) is 0. The molecule has 1 rings (SSSR count). The largest absolute Gasteiger partial charge is 0.478 e. The molecule has 1 N–H and O–H groups in total. The molecular formula is C12H12O4S. The fourth-order valence-electron chi connectivity index (χ4n) is 1.29. The second kappa shape index (κ2) is 5.63. The van der Waals surface area contributed by atoms with Crippen LogP contribution in [0.3, 0.4) is 0 Å². The van der Waals surface area contributed by atoms with E-state index in [2.05, 4.69) is 0 Å². The van der Waals surface area contributed by atoms with Gasteiger partial charge in [0.2, 0.25) is 0 Å². The molecule has 0 spiro atoms. The van der Waals surface area contributed by atoms with E-state index in [0.717, 1.165) is 11.8 Å². The van der Waals surface area contributed by atoms with Crippen LogP contribution < -0.4 is 0 Å². The molecule has 90 valence electrons. The molecule has 0 aliphatic rings. The lowest BCUT2D eigenvalue weighted by molar-refractivity contribution is -0.123. The van der Waals surface area contributed by atoms with Crippen molar-refractivity contribution in [1.29, 1.82) is 0 Å². The molecule has 5 heteroatoms. The highest BCUT2D eigenvalue weighted by Gasteiger charge is 2.21. The lowest BCUT2D eigenvalue weighted by atomic mass is 10.2. The number of thioether (sulfide) groups is 1. The maximum atomic E-state index is 11.3. The molecule has 1 aromatic carbocycles. The Labute approximate surface area is 103 Å². The van der Waals surface area contributed by atoms with Gasteiger partial charge in [-0.25, -0.2) is 4.79 Å². The molecular weight excluding hydrogens is 240 g/mol. The van der Waals surface area contributed by atoms with Crippen LogP contribution in [0.2, 0.25) is 0 Å². The first-order valence-electron chi connectivity index (χ1n) is 4.92. The summed E-state index contributed by atoms with van der Waals surface area (Å²) in [5, 5.41) is 8.05. The number of rotatable bonds is 5. The van der Waals surface area contributed by atoms with Crippen LogP contribution in [0, 0.1) is 0 Å². The topological polar surface area (TPSA) is 71.4 Å². The lowest BCUT2D eigenvalue weighted by Crippen LogP contribution is -2.22. The molecule has 0 bridgehead atoms. The number of carbonyl (C=O) groups excluding carboxylic acids is 2. The molecule has 0 radical (unpaired) electrons. The Morgan fingerprint density at radius 3 is 2.24 bits per heavy atom. The van der Waals surface area contributed by atoms with Gasteiger partial charge in [0.15, 0.2) is 11.6 Å². The average molecular weight is 252 g/mol. The number of carbonyl (C=O) groups is 3. The molecule has 0 atom stereocenters. The zero-order valence-corrected chi connectivity index (χ0v) is 10.3. The summed E-state index contributed by atoms with van der Waals surface area (Å²) in [4.78, 5) is 33.9. The third-order valence-corrected chi connectivity index (χ3v) is 3.50. The number of Topliss-reactive ketones (excluding diaryl/α,β-unsaturated/α-hetero) is 2. The minimum Gasteiger partial charge on any atom is -0.478 e. The third kappa shape index (κ3) is 3.71. The van der Waals surface area contributed by atoms with Crippen LogP contribution in [0.4, 0.5) is 0 Å². The van der Waals surface area contributed by atoms with Gasteiger partial charge in [-0.05, 0) is 32.0 Å². The molecule has 0 saturated carbocycles. The molecule has 0 aliphatic heterocycles. The van der Waals surface area contributed by atoms with E-state index in [9.17, 15) is 14.4 Å². The van der Waals surface area contributed by atoms with Gasteiger partial charge < -0.3 is 5.11 Å². The summed E-state index contributed by atoms with van der Waals surface area (Å²) >= 11 is 1.07. The van der Waals surface area contributed by atoms with E-state index in [-0.39, 0.29) is 17.1 Å². The SMILES string of the molecule is CC(=O)C(Sc1cccc(C(=O)O)c1)C(C)=O. The van der Waals surface area contributed by atoms with Gasteiger partial charge in [0, 0.05) is 4.90 Å². The number of aromatic carboxylic acids is 1. The summed E-state index contributed by atoms with van der Waals surface area (Å²) < 4.78 is 0. The van der Waals surface area contributed by atoms with Crippen molar-refractivity contribution in [3.63, 3.8) is 0 Å². The molecule has 17 heavy (non-hydrogen) atoms. The van der Waals surface area contributed by atoms with E-state index in [1.165, 1.54) is 26.0 Å². The third-order valence-electron chi connectivity index (χ3n) is 2.07. The van der Waals surface area contributed by atoms with Crippen LogP contribution in [-0.2, 0) is 9.59 Å². The second-order valence-electron chi connectivity index (χ2n) is 3.55. The highest BCUT2D eigenvalue weighted by Crippen LogP contribution is 2.25. The summed E-state index contributed by atoms with van der Waals surface area (Å²) in [7, 11) is 0. The minimum absolute atomic E-state index is 0.140. The molecule has 0 saturated heterocycles. The van der Waals surface area contributed by atoms with Crippen molar-refractivity contribution in [2.24, 2.45) is 0 Å². The van der Waals surface area contributed by atoms with E-state index in [1.807, 2.05) is 0 Å². The Balaban J connectivity index is 2.94. The van der Waals surface area contributed by atoms with Gasteiger partial charge in [0.05, 0.1) is 5.56 Å². The zero-order valence-electron chi connectivity index (χ0n) is 9.47. The van der Waals surface area contributed by atoms with E-state index in [4.69, 9.17) is 5.11 Å². The van der Waals surface area contributed by atoms with Crippen molar-refractivity contribution in [3.05, 3.63) is 29.8 Å². The maximum Gasteiger partial charge on any atom is 0.335 e. The summed E-state index contributed by atoms with van der Waals surface area (Å²) in [6.45, 7) is 2.69. The molecule has 1 aromatic rings. The zero-order chi connectivity index (χ0) is 13.0. The lowest BCUT2D eigenvalue weighted by Gasteiger charge is -2.09. The number of carboxylic acids is 1. The van der Waals surface area contributed by atoms with Gasteiger partial charge in [-0.1, -0.05) is 6.07 Å². The van der Waals surface area contributed by atoms with E-state index in [1.54, 1.807) is 12.1 Å². The normalized spacial score (nSPS) is 10.3. The van der Waals surface area contributed by atoms with Gasteiger partial charge in [0.25, 0.3) is 0 Å². The molecule has 0 aromatic heterocycles. The van der Waals surface area contributed by atoms with Crippen LogP contribution in [0.1, 0.15) is 24.2 Å². The predicted molar refractivity (Wildman–Crippen MR) is 64.4 cm³/mol. The first kappa shape index (κ1) is 13.4. The van der Waals surface area contributed by atoms with Crippen LogP contribution in [0.15, 0.2) is 29.2 Å². The Bertz CT molecular complexity index is 453. The quantitative estimate of drug-likeness (QED) is 0.641. The van der Waals surface area contributed by atoms with Crippen molar-refractivity contribution in [1.82, 2.24) is 0 Å². The smallest absolute Gasteiger partial charge is 0.335 e. The monoisotopic (exact) mass is 252 g/mol. The van der Waals surface area contributed by atoms with Gasteiger partial charge >= 0.3 is 5.97 Å². The van der Waals surface area contributed by atoms with Crippen LogP contribution in [0.25, 0.3) is 0 Å². The molecule has 4 nitrogen and oxygen atoms in total. The summed E-state index contributed by atoms with van der Waals surface area (Å²) in [6, 6.07) is 6.17.